The van der Waals surface area contributed by atoms with E-state index in [9.17, 15) is 4.79 Å². The van der Waals surface area contributed by atoms with Crippen LogP contribution in [0, 0.1) is 0 Å². The van der Waals surface area contributed by atoms with Crippen LogP contribution in [0.25, 0.3) is 11.3 Å². The molecular formula is C30H25N3OS. The van der Waals surface area contributed by atoms with Crippen molar-refractivity contribution < 1.29 is 4.79 Å². The molecule has 5 aromatic rings. The van der Waals surface area contributed by atoms with E-state index in [1.165, 1.54) is 0 Å². The molecule has 5 rings (SSSR count). The Kier molecular flexibility index (Phi) is 6.68. The van der Waals surface area contributed by atoms with Crippen molar-refractivity contribution in [3.63, 3.8) is 0 Å². The van der Waals surface area contributed by atoms with Gasteiger partial charge in [0.2, 0.25) is 5.91 Å². The number of nitrogens with one attached hydrogen (secondary N) is 1. The van der Waals surface area contributed by atoms with Gasteiger partial charge < -0.3 is 10.2 Å². The highest BCUT2D eigenvalue weighted by Gasteiger charge is 2.22. The fourth-order valence-corrected chi connectivity index (χ4v) is 4.86. The van der Waals surface area contributed by atoms with Gasteiger partial charge in [-0.25, -0.2) is 4.98 Å². The summed E-state index contributed by atoms with van der Waals surface area (Å²) < 4.78 is 0. The number of rotatable bonds is 7. The number of benzene rings is 4. The van der Waals surface area contributed by atoms with Crippen molar-refractivity contribution in [2.75, 3.05) is 17.3 Å². The Hall–Kier alpha value is -4.22. The summed E-state index contributed by atoms with van der Waals surface area (Å²) in [5.41, 5.74) is 5.70. The Balaban J connectivity index is 1.33. The lowest BCUT2D eigenvalue weighted by Crippen LogP contribution is -2.22. The lowest BCUT2D eigenvalue weighted by Gasteiger charge is -2.18. The van der Waals surface area contributed by atoms with Crippen LogP contribution in [0.3, 0.4) is 0 Å². The van der Waals surface area contributed by atoms with Crippen LogP contribution in [0.4, 0.5) is 16.5 Å². The maximum absolute atomic E-state index is 13.4. The number of hydrogen-bond donors (Lipinski definition) is 1. The second-order valence-electron chi connectivity index (χ2n) is 8.23. The van der Waals surface area contributed by atoms with Gasteiger partial charge >= 0.3 is 0 Å². The summed E-state index contributed by atoms with van der Waals surface area (Å²) in [6.45, 7) is 0. The summed E-state index contributed by atoms with van der Waals surface area (Å²) in [5, 5.41) is 6.08. The van der Waals surface area contributed by atoms with Gasteiger partial charge in [0.1, 0.15) is 0 Å². The second kappa shape index (κ2) is 10.4. The zero-order valence-electron chi connectivity index (χ0n) is 19.3. The third kappa shape index (κ3) is 5.15. The van der Waals surface area contributed by atoms with Crippen LogP contribution in [0.2, 0.25) is 0 Å². The van der Waals surface area contributed by atoms with E-state index in [0.717, 1.165) is 38.9 Å². The first-order valence-electron chi connectivity index (χ1n) is 11.4. The third-order valence-corrected chi connectivity index (χ3v) is 6.82. The monoisotopic (exact) mass is 475 g/mol. The summed E-state index contributed by atoms with van der Waals surface area (Å²) in [5.74, 6) is -0.442. The molecule has 0 spiro atoms. The average Bonchev–Trinajstić information content (AvgIpc) is 3.41. The minimum absolute atomic E-state index is 0.0596. The first-order valence-corrected chi connectivity index (χ1v) is 12.3. The molecule has 0 saturated carbocycles. The molecule has 0 aliphatic rings. The van der Waals surface area contributed by atoms with Crippen molar-refractivity contribution in [3.8, 4) is 11.3 Å². The van der Waals surface area contributed by atoms with Crippen molar-refractivity contribution in [2.24, 2.45) is 0 Å². The molecule has 0 unspecified atom stereocenters. The average molecular weight is 476 g/mol. The predicted octanol–water partition coefficient (Wildman–Crippen LogP) is 7.35. The molecule has 0 saturated heterocycles. The molecule has 0 fully saturated rings. The van der Waals surface area contributed by atoms with Gasteiger partial charge in [0.25, 0.3) is 0 Å². The van der Waals surface area contributed by atoms with Gasteiger partial charge in [-0.05, 0) is 35.4 Å². The quantitative estimate of drug-likeness (QED) is 0.268. The smallest absolute Gasteiger partial charge is 0.236 e. The minimum atomic E-state index is -0.383. The molecule has 4 aromatic carbocycles. The largest absolute Gasteiger partial charge is 0.325 e. The Morgan fingerprint density at radius 3 is 1.89 bits per heavy atom. The van der Waals surface area contributed by atoms with Gasteiger partial charge in [0, 0.05) is 29.4 Å². The molecule has 1 aromatic heterocycles. The van der Waals surface area contributed by atoms with Crippen LogP contribution < -0.4 is 10.2 Å². The Bertz CT molecular complexity index is 1340. The van der Waals surface area contributed by atoms with Crippen molar-refractivity contribution in [1.29, 1.82) is 0 Å². The highest BCUT2D eigenvalue weighted by Crippen LogP contribution is 2.32. The van der Waals surface area contributed by atoms with Gasteiger partial charge in [-0.1, -0.05) is 91.0 Å². The second-order valence-corrected chi connectivity index (χ2v) is 9.07. The molecule has 1 amide bonds. The Morgan fingerprint density at radius 1 is 0.771 bits per heavy atom. The van der Waals surface area contributed by atoms with Crippen LogP contribution in [0.1, 0.15) is 17.0 Å². The van der Waals surface area contributed by atoms with Gasteiger partial charge in [0.15, 0.2) is 5.13 Å². The van der Waals surface area contributed by atoms with Crippen LogP contribution in [0.15, 0.2) is 121 Å². The highest BCUT2D eigenvalue weighted by atomic mass is 32.1. The van der Waals surface area contributed by atoms with Crippen molar-refractivity contribution >= 4 is 33.8 Å². The summed E-state index contributed by atoms with van der Waals surface area (Å²) in [6, 6.07) is 37.8. The number of aromatic nitrogens is 1. The molecule has 4 nitrogen and oxygen atoms in total. The molecule has 0 radical (unpaired) electrons. The van der Waals surface area contributed by atoms with E-state index in [1.807, 2.05) is 110 Å². The number of amides is 1. The van der Waals surface area contributed by atoms with Gasteiger partial charge in [-0.3, -0.25) is 4.79 Å². The molecule has 35 heavy (non-hydrogen) atoms. The van der Waals surface area contributed by atoms with Crippen molar-refractivity contribution in [1.82, 2.24) is 4.98 Å². The Morgan fingerprint density at radius 2 is 1.31 bits per heavy atom. The minimum Gasteiger partial charge on any atom is -0.325 e. The third-order valence-electron chi connectivity index (χ3n) is 5.90. The van der Waals surface area contributed by atoms with Crippen LogP contribution in [-0.4, -0.2) is 17.9 Å². The SMILES string of the molecule is CN(c1ccccc1)c1nc(-c2ccc(NC(=O)C(c3ccccc3)c3ccccc3)cc2)cs1. The first-order chi connectivity index (χ1) is 17.2. The molecule has 0 bridgehead atoms. The fourth-order valence-electron chi connectivity index (χ4n) is 4.04. The lowest BCUT2D eigenvalue weighted by atomic mass is 9.90. The highest BCUT2D eigenvalue weighted by molar-refractivity contribution is 7.14. The van der Waals surface area contributed by atoms with Crippen LogP contribution >= 0.6 is 11.3 Å². The molecular weight excluding hydrogens is 450 g/mol. The first kappa shape index (κ1) is 22.6. The predicted molar refractivity (Wildman–Crippen MR) is 145 cm³/mol. The number of anilines is 3. The summed E-state index contributed by atoms with van der Waals surface area (Å²) in [7, 11) is 2.02. The summed E-state index contributed by atoms with van der Waals surface area (Å²) in [4.78, 5) is 20.2. The molecule has 0 atom stereocenters. The normalized spacial score (nSPS) is 10.8. The maximum atomic E-state index is 13.4. The fraction of sp³-hybridized carbons (Fsp3) is 0.0667. The number of thiazole rings is 1. The molecule has 1 heterocycles. The topological polar surface area (TPSA) is 45.2 Å². The molecule has 1 N–H and O–H groups in total. The van der Waals surface area contributed by atoms with Gasteiger partial charge in [-0.15, -0.1) is 11.3 Å². The Labute approximate surface area is 209 Å². The zero-order valence-corrected chi connectivity index (χ0v) is 20.2. The maximum Gasteiger partial charge on any atom is 0.236 e. The van der Waals surface area contributed by atoms with E-state index in [1.54, 1.807) is 11.3 Å². The number of hydrogen-bond acceptors (Lipinski definition) is 4. The number of carbonyl (C=O) groups is 1. The van der Waals surface area contributed by atoms with Crippen molar-refractivity contribution in [3.05, 3.63) is 132 Å². The number of nitrogens with zero attached hydrogens (tertiary/aromatic N) is 2. The van der Waals surface area contributed by atoms with E-state index in [2.05, 4.69) is 27.7 Å². The zero-order chi connectivity index (χ0) is 24.0. The van der Waals surface area contributed by atoms with Crippen molar-refractivity contribution in [2.45, 2.75) is 5.92 Å². The van der Waals surface area contributed by atoms with E-state index < -0.39 is 0 Å². The summed E-state index contributed by atoms with van der Waals surface area (Å²) >= 11 is 1.61. The standard InChI is InChI=1S/C30H25N3OS/c1-33(26-15-9-4-10-16-26)30-32-27(21-35-30)22-17-19-25(20-18-22)31-29(34)28(23-11-5-2-6-12-23)24-13-7-3-8-14-24/h2-21,28H,1H3,(H,31,34). The van der Waals surface area contributed by atoms with E-state index in [-0.39, 0.29) is 11.8 Å². The molecule has 0 aliphatic carbocycles. The summed E-state index contributed by atoms with van der Waals surface area (Å²) in [6.07, 6.45) is 0. The van der Waals surface area contributed by atoms with E-state index in [4.69, 9.17) is 4.98 Å². The van der Waals surface area contributed by atoms with E-state index >= 15 is 0 Å². The molecule has 5 heteroatoms. The number of para-hydroxylation sites is 1. The van der Waals surface area contributed by atoms with Gasteiger partial charge in [-0.2, -0.15) is 0 Å². The molecule has 0 aliphatic heterocycles. The lowest BCUT2D eigenvalue weighted by molar-refractivity contribution is -0.116. The van der Waals surface area contributed by atoms with Crippen LogP contribution in [-0.2, 0) is 4.79 Å². The molecule has 172 valence electrons. The van der Waals surface area contributed by atoms with Gasteiger partial charge in [0.05, 0.1) is 11.6 Å². The number of carbonyl (C=O) groups excluding carboxylic acids is 1. The van der Waals surface area contributed by atoms with Crippen LogP contribution in [0.5, 0.6) is 0 Å². The van der Waals surface area contributed by atoms with E-state index in [0.29, 0.717) is 0 Å².